The molecule has 1 aromatic carbocycles. The molecule has 0 atom stereocenters. The predicted molar refractivity (Wildman–Crippen MR) is 71.2 cm³/mol. The first-order chi connectivity index (χ1) is 8.25. The van der Waals surface area contributed by atoms with Crippen LogP contribution in [0.25, 0.3) is 10.9 Å². The number of likely N-dealkylation sites (N-methyl/N-ethyl adjacent to an activating group) is 1. The molecule has 1 fully saturated rings. The normalized spacial score (nSPS) is 16.6. The molecule has 3 nitrogen and oxygen atoms in total. The summed E-state index contributed by atoms with van der Waals surface area (Å²) in [6.45, 7) is 5.44. The van der Waals surface area contributed by atoms with Gasteiger partial charge in [0.2, 0.25) is 0 Å². The second-order valence-electron chi connectivity index (χ2n) is 5.00. The number of nitrogens with one attached hydrogen (secondary N) is 2. The number of fused-ring (bicyclic) bond motifs is 1. The van der Waals surface area contributed by atoms with Crippen LogP contribution in [-0.2, 0) is 6.54 Å². The Labute approximate surface area is 102 Å². The maximum absolute atomic E-state index is 3.47. The van der Waals surface area contributed by atoms with Gasteiger partial charge in [0, 0.05) is 42.3 Å². The molecule has 90 valence electrons. The molecule has 0 bridgehead atoms. The van der Waals surface area contributed by atoms with Crippen LogP contribution in [0.5, 0.6) is 0 Å². The van der Waals surface area contributed by atoms with Gasteiger partial charge in [-0.3, -0.25) is 4.90 Å². The molecule has 3 heteroatoms. The van der Waals surface area contributed by atoms with Gasteiger partial charge < -0.3 is 10.3 Å². The largest absolute Gasteiger partial charge is 0.358 e. The summed E-state index contributed by atoms with van der Waals surface area (Å²) in [4.78, 5) is 5.91. The van der Waals surface area contributed by atoms with Gasteiger partial charge in [0.15, 0.2) is 0 Å². The van der Waals surface area contributed by atoms with Crippen molar-refractivity contribution in [2.24, 2.45) is 0 Å². The molecule has 3 rings (SSSR count). The van der Waals surface area contributed by atoms with E-state index in [-0.39, 0.29) is 0 Å². The van der Waals surface area contributed by atoms with E-state index in [4.69, 9.17) is 0 Å². The smallest absolute Gasteiger partial charge is 0.0459 e. The molecule has 1 saturated heterocycles. The highest BCUT2D eigenvalue weighted by Crippen LogP contribution is 2.23. The number of aromatic amines is 1. The summed E-state index contributed by atoms with van der Waals surface area (Å²) < 4.78 is 0. The van der Waals surface area contributed by atoms with Crippen LogP contribution in [0.2, 0.25) is 0 Å². The lowest BCUT2D eigenvalue weighted by molar-refractivity contribution is 0.173. The van der Waals surface area contributed by atoms with Gasteiger partial charge >= 0.3 is 0 Å². The minimum atomic E-state index is 0.697. The molecule has 0 aliphatic carbocycles. The third-order valence-corrected chi connectivity index (χ3v) is 3.82. The minimum Gasteiger partial charge on any atom is -0.358 e. The number of aryl methyl sites for hydroxylation is 1. The summed E-state index contributed by atoms with van der Waals surface area (Å²) in [6, 6.07) is 9.26. The van der Waals surface area contributed by atoms with E-state index < -0.39 is 0 Å². The van der Waals surface area contributed by atoms with Gasteiger partial charge in [0.1, 0.15) is 0 Å². The molecule has 1 aliphatic heterocycles. The Morgan fingerprint density at radius 3 is 2.76 bits per heavy atom. The molecule has 0 saturated carbocycles. The lowest BCUT2D eigenvalue weighted by atomic mass is 10.1. The zero-order chi connectivity index (χ0) is 11.8. The molecule has 0 spiro atoms. The molecule has 0 unspecified atom stereocenters. The Kier molecular flexibility index (Phi) is 2.65. The Morgan fingerprint density at radius 1 is 1.29 bits per heavy atom. The maximum Gasteiger partial charge on any atom is 0.0459 e. The first kappa shape index (κ1) is 10.8. The topological polar surface area (TPSA) is 31.1 Å². The number of nitrogens with zero attached hydrogens (tertiary/aromatic N) is 1. The highest BCUT2D eigenvalue weighted by Gasteiger charge is 2.22. The number of hydrogen-bond donors (Lipinski definition) is 2. The zero-order valence-electron chi connectivity index (χ0n) is 10.5. The average molecular weight is 229 g/mol. The van der Waals surface area contributed by atoms with Crippen LogP contribution in [-0.4, -0.2) is 36.1 Å². The third kappa shape index (κ3) is 1.85. The van der Waals surface area contributed by atoms with E-state index in [0.717, 1.165) is 19.6 Å². The van der Waals surface area contributed by atoms with Gasteiger partial charge in [0.05, 0.1) is 0 Å². The van der Waals surface area contributed by atoms with Crippen molar-refractivity contribution < 1.29 is 0 Å². The van der Waals surface area contributed by atoms with Gasteiger partial charge in [-0.05, 0) is 25.6 Å². The van der Waals surface area contributed by atoms with Crippen LogP contribution in [0.1, 0.15) is 11.3 Å². The Hall–Kier alpha value is -1.32. The van der Waals surface area contributed by atoms with E-state index in [9.17, 15) is 0 Å². The van der Waals surface area contributed by atoms with E-state index >= 15 is 0 Å². The van der Waals surface area contributed by atoms with Crippen LogP contribution in [0.4, 0.5) is 0 Å². The summed E-state index contributed by atoms with van der Waals surface area (Å²) in [7, 11) is 2.22. The second kappa shape index (κ2) is 4.17. The molecule has 2 N–H and O–H groups in total. The van der Waals surface area contributed by atoms with Crippen LogP contribution < -0.4 is 5.32 Å². The minimum absolute atomic E-state index is 0.697. The van der Waals surface area contributed by atoms with Gasteiger partial charge in [0.25, 0.3) is 0 Å². The standard InChI is InChI=1S/C14H19N3/c1-10-13(9-17(2)11-7-15-8-11)12-5-3-4-6-14(12)16-10/h3-6,11,15-16H,7-9H2,1-2H3. The molecule has 17 heavy (non-hydrogen) atoms. The van der Waals surface area contributed by atoms with E-state index in [2.05, 4.69) is 53.4 Å². The molecular weight excluding hydrogens is 210 g/mol. The predicted octanol–water partition coefficient (Wildman–Crippen LogP) is 1.88. The lowest BCUT2D eigenvalue weighted by Gasteiger charge is -2.35. The zero-order valence-corrected chi connectivity index (χ0v) is 10.5. The van der Waals surface area contributed by atoms with Crippen molar-refractivity contribution in [1.82, 2.24) is 15.2 Å². The molecule has 1 aromatic heterocycles. The Bertz CT molecular complexity index is 525. The molecular formula is C14H19N3. The summed E-state index contributed by atoms with van der Waals surface area (Å²) in [5, 5.41) is 4.69. The fourth-order valence-electron chi connectivity index (χ4n) is 2.50. The average Bonchev–Trinajstić information content (AvgIpc) is 2.53. The highest BCUT2D eigenvalue weighted by molar-refractivity contribution is 5.84. The summed E-state index contributed by atoms with van der Waals surface area (Å²) >= 11 is 0. The number of aromatic nitrogens is 1. The number of rotatable bonds is 3. The molecule has 1 aliphatic rings. The van der Waals surface area contributed by atoms with Crippen molar-refractivity contribution in [2.75, 3.05) is 20.1 Å². The van der Waals surface area contributed by atoms with Gasteiger partial charge in [-0.2, -0.15) is 0 Å². The van der Waals surface area contributed by atoms with Crippen LogP contribution in [0.3, 0.4) is 0 Å². The Morgan fingerprint density at radius 2 is 2.06 bits per heavy atom. The second-order valence-corrected chi connectivity index (χ2v) is 5.00. The first-order valence-electron chi connectivity index (χ1n) is 6.23. The first-order valence-corrected chi connectivity index (χ1v) is 6.23. The molecule has 2 aromatic rings. The van der Waals surface area contributed by atoms with Crippen molar-refractivity contribution in [2.45, 2.75) is 19.5 Å². The summed E-state index contributed by atoms with van der Waals surface area (Å²) in [5.74, 6) is 0. The summed E-state index contributed by atoms with van der Waals surface area (Å²) in [5.41, 5.74) is 3.99. The lowest BCUT2D eigenvalue weighted by Crippen LogP contribution is -2.55. The van der Waals surface area contributed by atoms with Crippen molar-refractivity contribution in [1.29, 1.82) is 0 Å². The van der Waals surface area contributed by atoms with Crippen LogP contribution in [0.15, 0.2) is 24.3 Å². The van der Waals surface area contributed by atoms with E-state index in [1.54, 1.807) is 0 Å². The van der Waals surface area contributed by atoms with Gasteiger partial charge in [-0.15, -0.1) is 0 Å². The molecule has 0 radical (unpaired) electrons. The molecule has 2 heterocycles. The van der Waals surface area contributed by atoms with Crippen molar-refractivity contribution in [3.05, 3.63) is 35.5 Å². The number of H-pyrrole nitrogens is 1. The van der Waals surface area contributed by atoms with E-state index in [0.29, 0.717) is 6.04 Å². The monoisotopic (exact) mass is 229 g/mol. The summed E-state index contributed by atoms with van der Waals surface area (Å²) in [6.07, 6.45) is 0. The van der Waals surface area contributed by atoms with Crippen molar-refractivity contribution in [3.63, 3.8) is 0 Å². The van der Waals surface area contributed by atoms with E-state index in [1.807, 2.05) is 0 Å². The fraction of sp³-hybridized carbons (Fsp3) is 0.429. The maximum atomic E-state index is 3.47. The highest BCUT2D eigenvalue weighted by atomic mass is 15.2. The van der Waals surface area contributed by atoms with Gasteiger partial charge in [-0.25, -0.2) is 0 Å². The number of hydrogen-bond acceptors (Lipinski definition) is 2. The van der Waals surface area contributed by atoms with Crippen LogP contribution >= 0.6 is 0 Å². The number of benzene rings is 1. The van der Waals surface area contributed by atoms with Gasteiger partial charge in [-0.1, -0.05) is 18.2 Å². The SMILES string of the molecule is Cc1[nH]c2ccccc2c1CN(C)C1CNC1. The quantitative estimate of drug-likeness (QED) is 0.842. The Balaban J connectivity index is 1.90. The number of para-hydroxylation sites is 1. The van der Waals surface area contributed by atoms with Crippen molar-refractivity contribution >= 4 is 10.9 Å². The molecule has 0 amide bonds. The fourth-order valence-corrected chi connectivity index (χ4v) is 2.50. The van der Waals surface area contributed by atoms with E-state index in [1.165, 1.54) is 22.2 Å². The van der Waals surface area contributed by atoms with Crippen molar-refractivity contribution in [3.8, 4) is 0 Å². The third-order valence-electron chi connectivity index (χ3n) is 3.82. The van der Waals surface area contributed by atoms with Crippen LogP contribution in [0, 0.1) is 6.92 Å².